The third-order valence-corrected chi connectivity index (χ3v) is 4.13. The van der Waals surface area contributed by atoms with E-state index < -0.39 is 0 Å². The molecule has 0 fully saturated rings. The summed E-state index contributed by atoms with van der Waals surface area (Å²) in [5, 5.41) is 9.95. The Morgan fingerprint density at radius 2 is 1.88 bits per heavy atom. The van der Waals surface area contributed by atoms with Crippen molar-refractivity contribution in [2.45, 2.75) is 12.8 Å². The lowest BCUT2D eigenvalue weighted by molar-refractivity contribution is 0.112. The molecule has 5 nitrogen and oxygen atoms in total. The Kier molecular flexibility index (Phi) is 5.05. The van der Waals surface area contributed by atoms with Crippen LogP contribution in [-0.2, 0) is 6.42 Å². The molecule has 0 aliphatic rings. The molecule has 3 rings (SSSR count). The van der Waals surface area contributed by atoms with Crippen LogP contribution in [0.3, 0.4) is 0 Å². The minimum absolute atomic E-state index is 0.150. The Labute approximate surface area is 145 Å². The van der Waals surface area contributed by atoms with Crippen LogP contribution in [0.1, 0.15) is 22.3 Å². The van der Waals surface area contributed by atoms with E-state index >= 15 is 0 Å². The molecule has 1 aromatic heterocycles. The van der Waals surface area contributed by atoms with Gasteiger partial charge in [0.2, 0.25) is 0 Å². The molecular formula is C20H20O5. The fourth-order valence-corrected chi connectivity index (χ4v) is 2.88. The normalized spacial score (nSPS) is 10.8. The summed E-state index contributed by atoms with van der Waals surface area (Å²) in [6.07, 6.45) is 2.22. The van der Waals surface area contributed by atoms with Crippen LogP contribution >= 0.6 is 0 Å². The molecule has 0 aliphatic carbocycles. The lowest BCUT2D eigenvalue weighted by Gasteiger charge is -2.05. The van der Waals surface area contributed by atoms with Crippen molar-refractivity contribution >= 4 is 17.3 Å². The Hall–Kier alpha value is -2.79. The van der Waals surface area contributed by atoms with Crippen molar-refractivity contribution < 1.29 is 23.8 Å². The molecule has 0 amide bonds. The largest absolute Gasteiger partial charge is 0.496 e. The number of furan rings is 1. The number of hydrogen-bond acceptors (Lipinski definition) is 5. The summed E-state index contributed by atoms with van der Waals surface area (Å²) >= 11 is 0. The summed E-state index contributed by atoms with van der Waals surface area (Å²) in [6.45, 7) is 0.150. The molecule has 130 valence electrons. The maximum Gasteiger partial charge on any atom is 0.176 e. The molecule has 0 unspecified atom stereocenters. The molecular weight excluding hydrogens is 320 g/mol. The smallest absolute Gasteiger partial charge is 0.176 e. The van der Waals surface area contributed by atoms with Gasteiger partial charge in [-0.2, -0.15) is 0 Å². The predicted molar refractivity (Wildman–Crippen MR) is 95.5 cm³/mol. The number of methoxy groups -OCH3 is 2. The highest BCUT2D eigenvalue weighted by molar-refractivity contribution is 5.89. The molecule has 0 saturated heterocycles. The molecule has 25 heavy (non-hydrogen) atoms. The lowest BCUT2D eigenvalue weighted by Crippen LogP contribution is -1.91. The van der Waals surface area contributed by atoms with Gasteiger partial charge in [-0.05, 0) is 54.8 Å². The number of fused-ring (bicyclic) bond motifs is 1. The average Bonchev–Trinajstić information content (AvgIpc) is 3.09. The summed E-state index contributed by atoms with van der Waals surface area (Å²) in [5.41, 5.74) is 3.00. The number of aldehydes is 1. The highest BCUT2D eigenvalue weighted by Gasteiger charge is 2.14. The average molecular weight is 340 g/mol. The molecule has 0 atom stereocenters. The lowest BCUT2D eigenvalue weighted by atomic mass is 10.1. The molecule has 2 aromatic carbocycles. The maximum absolute atomic E-state index is 11.2. The third-order valence-electron chi connectivity index (χ3n) is 4.13. The van der Waals surface area contributed by atoms with Crippen molar-refractivity contribution in [3.63, 3.8) is 0 Å². The van der Waals surface area contributed by atoms with Crippen LogP contribution in [0, 0.1) is 0 Å². The number of aliphatic hydroxyl groups is 1. The Balaban J connectivity index is 2.07. The van der Waals surface area contributed by atoms with Crippen molar-refractivity contribution in [1.82, 2.24) is 0 Å². The molecule has 5 heteroatoms. The number of benzene rings is 2. The van der Waals surface area contributed by atoms with E-state index in [9.17, 15) is 4.79 Å². The minimum Gasteiger partial charge on any atom is -0.496 e. The monoisotopic (exact) mass is 340 g/mol. The van der Waals surface area contributed by atoms with Gasteiger partial charge < -0.3 is 19.0 Å². The first kappa shape index (κ1) is 17.0. The quantitative estimate of drug-likeness (QED) is 0.662. The summed E-state index contributed by atoms with van der Waals surface area (Å²) in [6, 6.07) is 11.2. The molecule has 0 spiro atoms. The summed E-state index contributed by atoms with van der Waals surface area (Å²) in [4.78, 5) is 11.2. The zero-order valence-electron chi connectivity index (χ0n) is 14.2. The molecule has 0 aliphatic heterocycles. The highest BCUT2D eigenvalue weighted by Crippen LogP contribution is 2.36. The Bertz CT molecular complexity index is 894. The van der Waals surface area contributed by atoms with Gasteiger partial charge in [0.15, 0.2) is 17.6 Å². The van der Waals surface area contributed by atoms with Crippen molar-refractivity contribution in [3.05, 3.63) is 47.5 Å². The van der Waals surface area contributed by atoms with E-state index in [-0.39, 0.29) is 6.61 Å². The van der Waals surface area contributed by atoms with Crippen LogP contribution in [0.15, 0.2) is 40.8 Å². The summed E-state index contributed by atoms with van der Waals surface area (Å²) < 4.78 is 16.6. The number of carbonyl (C=O) groups excluding carboxylic acids is 1. The van der Waals surface area contributed by atoms with Crippen LogP contribution in [0.4, 0.5) is 0 Å². The van der Waals surface area contributed by atoms with Crippen molar-refractivity contribution in [1.29, 1.82) is 0 Å². The molecule has 3 aromatic rings. The van der Waals surface area contributed by atoms with Gasteiger partial charge in [0.05, 0.1) is 19.8 Å². The number of carbonyl (C=O) groups is 1. The van der Waals surface area contributed by atoms with E-state index in [4.69, 9.17) is 19.0 Å². The van der Waals surface area contributed by atoms with Gasteiger partial charge in [0.25, 0.3) is 0 Å². The number of aryl methyl sites for hydroxylation is 1. The topological polar surface area (TPSA) is 68.9 Å². The van der Waals surface area contributed by atoms with Gasteiger partial charge in [-0.3, -0.25) is 4.79 Å². The fourth-order valence-electron chi connectivity index (χ4n) is 2.88. The third kappa shape index (κ3) is 3.37. The number of hydrogen-bond donors (Lipinski definition) is 1. The molecule has 0 radical (unpaired) electrons. The van der Waals surface area contributed by atoms with Gasteiger partial charge in [-0.15, -0.1) is 0 Å². The standard InChI is InChI=1S/C20H20O5/c1-23-17-6-5-14(10-16(17)12-22)18-11-15-8-13(4-3-7-21)9-19(24-2)20(15)25-18/h5-6,8-12,21H,3-4,7H2,1-2H3. The number of rotatable bonds is 7. The first-order valence-corrected chi connectivity index (χ1v) is 8.05. The summed E-state index contributed by atoms with van der Waals surface area (Å²) in [7, 11) is 3.13. The van der Waals surface area contributed by atoms with E-state index in [0.717, 1.165) is 29.2 Å². The molecule has 1 heterocycles. The fraction of sp³-hybridized carbons (Fsp3) is 0.250. The molecule has 0 bridgehead atoms. The SMILES string of the molecule is COc1ccc(-c2cc3cc(CCCO)cc(OC)c3o2)cc1C=O. The van der Waals surface area contributed by atoms with Crippen molar-refractivity contribution in [3.8, 4) is 22.8 Å². The van der Waals surface area contributed by atoms with Gasteiger partial charge in [0.1, 0.15) is 11.5 Å². The zero-order chi connectivity index (χ0) is 17.8. The van der Waals surface area contributed by atoms with Crippen LogP contribution in [0.25, 0.3) is 22.3 Å². The van der Waals surface area contributed by atoms with Gasteiger partial charge in [-0.1, -0.05) is 0 Å². The van der Waals surface area contributed by atoms with Gasteiger partial charge in [0, 0.05) is 17.6 Å². The van der Waals surface area contributed by atoms with Gasteiger partial charge >= 0.3 is 0 Å². The van der Waals surface area contributed by atoms with Crippen LogP contribution in [0.2, 0.25) is 0 Å². The van der Waals surface area contributed by atoms with E-state index in [0.29, 0.717) is 34.8 Å². The van der Waals surface area contributed by atoms with Gasteiger partial charge in [-0.25, -0.2) is 0 Å². The van der Waals surface area contributed by atoms with E-state index in [2.05, 4.69) is 0 Å². The minimum atomic E-state index is 0.150. The van der Waals surface area contributed by atoms with Crippen LogP contribution in [0.5, 0.6) is 11.5 Å². The van der Waals surface area contributed by atoms with Crippen LogP contribution in [-0.4, -0.2) is 32.2 Å². The van der Waals surface area contributed by atoms with E-state index in [1.807, 2.05) is 24.3 Å². The maximum atomic E-state index is 11.2. The zero-order valence-corrected chi connectivity index (χ0v) is 14.2. The van der Waals surface area contributed by atoms with E-state index in [1.54, 1.807) is 19.2 Å². The summed E-state index contributed by atoms with van der Waals surface area (Å²) in [5.74, 6) is 1.83. The van der Waals surface area contributed by atoms with E-state index in [1.165, 1.54) is 7.11 Å². The molecule has 0 saturated carbocycles. The predicted octanol–water partition coefficient (Wildman–Crippen LogP) is 3.85. The van der Waals surface area contributed by atoms with Crippen molar-refractivity contribution in [2.75, 3.05) is 20.8 Å². The first-order valence-electron chi connectivity index (χ1n) is 8.05. The second kappa shape index (κ2) is 7.40. The second-order valence-corrected chi connectivity index (χ2v) is 5.73. The Morgan fingerprint density at radius 3 is 2.56 bits per heavy atom. The first-order chi connectivity index (χ1) is 12.2. The highest BCUT2D eigenvalue weighted by atomic mass is 16.5. The van der Waals surface area contributed by atoms with Crippen molar-refractivity contribution in [2.24, 2.45) is 0 Å². The Morgan fingerprint density at radius 1 is 1.08 bits per heavy atom. The molecule has 1 N–H and O–H groups in total. The second-order valence-electron chi connectivity index (χ2n) is 5.73. The van der Waals surface area contributed by atoms with Crippen LogP contribution < -0.4 is 9.47 Å². The number of ether oxygens (including phenoxy) is 2. The number of aliphatic hydroxyl groups excluding tert-OH is 1.